The van der Waals surface area contributed by atoms with Crippen LogP contribution in [0, 0.1) is 6.92 Å². The van der Waals surface area contributed by atoms with E-state index in [9.17, 15) is 18.0 Å². The maximum absolute atomic E-state index is 12.9. The molecule has 1 aliphatic rings. The van der Waals surface area contributed by atoms with Crippen LogP contribution in [0.1, 0.15) is 29.0 Å². The molecule has 0 bridgehead atoms. The van der Waals surface area contributed by atoms with E-state index < -0.39 is 24.4 Å². The average Bonchev–Trinajstić information content (AvgIpc) is 2.94. The van der Waals surface area contributed by atoms with Gasteiger partial charge in [-0.2, -0.15) is 13.2 Å². The minimum absolute atomic E-state index is 0.00718. The molecule has 0 unspecified atom stereocenters. The number of alkyl halides is 3. The van der Waals surface area contributed by atoms with E-state index in [1.165, 1.54) is 19.3 Å². The summed E-state index contributed by atoms with van der Waals surface area (Å²) < 4.78 is 53.1. The van der Waals surface area contributed by atoms with Gasteiger partial charge in [-0.05, 0) is 25.8 Å². The molecular weight excluding hydrogens is 265 g/mol. The molecule has 0 radical (unpaired) electrons. The number of esters is 1. The first-order valence-electron chi connectivity index (χ1n) is 5.83. The fourth-order valence-corrected chi connectivity index (χ4v) is 1.97. The van der Waals surface area contributed by atoms with Crippen LogP contribution in [-0.4, -0.2) is 31.0 Å². The van der Waals surface area contributed by atoms with Gasteiger partial charge < -0.3 is 13.9 Å². The highest BCUT2D eigenvalue weighted by Gasteiger charge is 2.49. The van der Waals surface area contributed by atoms with Crippen molar-refractivity contribution in [1.82, 2.24) is 0 Å². The van der Waals surface area contributed by atoms with Gasteiger partial charge in [0.1, 0.15) is 17.4 Å². The summed E-state index contributed by atoms with van der Waals surface area (Å²) in [6.45, 7) is 1.73. The molecule has 106 valence electrons. The lowest BCUT2D eigenvalue weighted by Crippen LogP contribution is -2.43. The van der Waals surface area contributed by atoms with Gasteiger partial charge in [0.25, 0.3) is 0 Å². The van der Waals surface area contributed by atoms with Crippen LogP contribution in [0.5, 0.6) is 0 Å². The molecule has 1 saturated heterocycles. The van der Waals surface area contributed by atoms with Crippen LogP contribution in [-0.2, 0) is 9.47 Å². The maximum atomic E-state index is 12.9. The fourth-order valence-electron chi connectivity index (χ4n) is 1.97. The van der Waals surface area contributed by atoms with Gasteiger partial charge in [-0.15, -0.1) is 0 Å². The first-order chi connectivity index (χ1) is 8.89. The van der Waals surface area contributed by atoms with Crippen molar-refractivity contribution in [3.63, 3.8) is 0 Å². The number of carbonyl (C=O) groups excluding carboxylic acids is 1. The van der Waals surface area contributed by atoms with Crippen LogP contribution < -0.4 is 0 Å². The first kappa shape index (κ1) is 13.9. The molecule has 0 N–H and O–H groups in total. The zero-order valence-electron chi connectivity index (χ0n) is 10.2. The molecule has 0 amide bonds. The van der Waals surface area contributed by atoms with E-state index in [4.69, 9.17) is 9.15 Å². The third kappa shape index (κ3) is 3.09. The molecule has 0 spiro atoms. The van der Waals surface area contributed by atoms with Crippen molar-refractivity contribution < 1.29 is 31.9 Å². The summed E-state index contributed by atoms with van der Waals surface area (Å²) in [5.74, 6) is -0.831. The van der Waals surface area contributed by atoms with Crippen molar-refractivity contribution in [2.45, 2.75) is 38.1 Å². The quantitative estimate of drug-likeness (QED) is 0.798. The summed E-state index contributed by atoms with van der Waals surface area (Å²) in [6.07, 6.45) is -6.04. The van der Waals surface area contributed by atoms with Crippen molar-refractivity contribution in [2.75, 3.05) is 6.61 Å². The van der Waals surface area contributed by atoms with Crippen molar-refractivity contribution in [3.8, 4) is 0 Å². The van der Waals surface area contributed by atoms with Crippen LogP contribution in [0.15, 0.2) is 16.7 Å². The highest BCUT2D eigenvalue weighted by molar-refractivity contribution is 5.90. The lowest BCUT2D eigenvalue weighted by Gasteiger charge is -2.25. The molecule has 1 aromatic rings. The second-order valence-electron chi connectivity index (χ2n) is 4.31. The SMILES string of the molecule is Cc1occc1C(=O)O[C@H]([C@@H]1CCCO1)C(F)(F)F. The summed E-state index contributed by atoms with van der Waals surface area (Å²) in [6, 6.07) is 1.28. The van der Waals surface area contributed by atoms with Gasteiger partial charge in [-0.1, -0.05) is 0 Å². The van der Waals surface area contributed by atoms with Gasteiger partial charge in [0.2, 0.25) is 6.10 Å². The predicted octanol–water partition coefficient (Wildman–Crippen LogP) is 2.85. The van der Waals surface area contributed by atoms with Crippen LogP contribution in [0.3, 0.4) is 0 Å². The summed E-state index contributed by atoms with van der Waals surface area (Å²) >= 11 is 0. The van der Waals surface area contributed by atoms with E-state index in [0.717, 1.165) is 0 Å². The van der Waals surface area contributed by atoms with Crippen molar-refractivity contribution in [3.05, 3.63) is 23.7 Å². The van der Waals surface area contributed by atoms with Gasteiger partial charge in [0, 0.05) is 6.61 Å². The number of carbonyl (C=O) groups is 1. The Morgan fingerprint density at radius 1 is 1.53 bits per heavy atom. The minimum Gasteiger partial charge on any atom is -0.469 e. The van der Waals surface area contributed by atoms with Gasteiger partial charge in [-0.25, -0.2) is 4.79 Å². The molecule has 2 atom stereocenters. The van der Waals surface area contributed by atoms with E-state index in [1.807, 2.05) is 0 Å². The Hall–Kier alpha value is -1.50. The van der Waals surface area contributed by atoms with E-state index >= 15 is 0 Å². The smallest absolute Gasteiger partial charge is 0.428 e. The molecular formula is C12H13F3O4. The molecule has 4 nitrogen and oxygen atoms in total. The molecule has 2 rings (SSSR count). The number of rotatable bonds is 3. The molecule has 1 fully saturated rings. The topological polar surface area (TPSA) is 48.7 Å². The highest BCUT2D eigenvalue weighted by atomic mass is 19.4. The lowest BCUT2D eigenvalue weighted by molar-refractivity contribution is -0.230. The fraction of sp³-hybridized carbons (Fsp3) is 0.583. The molecule has 2 heterocycles. The zero-order chi connectivity index (χ0) is 14.0. The van der Waals surface area contributed by atoms with Gasteiger partial charge in [-0.3, -0.25) is 0 Å². The van der Waals surface area contributed by atoms with Crippen molar-refractivity contribution >= 4 is 5.97 Å². The highest BCUT2D eigenvalue weighted by Crippen LogP contribution is 2.32. The average molecular weight is 278 g/mol. The molecule has 19 heavy (non-hydrogen) atoms. The van der Waals surface area contributed by atoms with Gasteiger partial charge in [0.05, 0.1) is 6.26 Å². The number of aryl methyl sites for hydroxylation is 1. The van der Waals surface area contributed by atoms with E-state index in [1.54, 1.807) is 0 Å². The Labute approximate surface area is 107 Å². The second kappa shape index (κ2) is 5.24. The standard InChI is InChI=1S/C12H13F3O4/c1-7-8(4-6-17-7)11(16)19-10(12(13,14)15)9-3-2-5-18-9/h4,6,9-10H,2-3,5H2,1H3/t9-,10+/m0/s1. The number of furan rings is 1. The number of hydrogen-bond donors (Lipinski definition) is 0. The lowest BCUT2D eigenvalue weighted by atomic mass is 10.1. The Morgan fingerprint density at radius 2 is 2.26 bits per heavy atom. The number of halogens is 3. The Kier molecular flexibility index (Phi) is 3.84. The second-order valence-corrected chi connectivity index (χ2v) is 4.31. The summed E-state index contributed by atoms with van der Waals surface area (Å²) in [5, 5.41) is 0. The normalized spacial score (nSPS) is 21.4. The van der Waals surface area contributed by atoms with Crippen LogP contribution in [0.4, 0.5) is 13.2 Å². The van der Waals surface area contributed by atoms with E-state index in [-0.39, 0.29) is 24.4 Å². The van der Waals surface area contributed by atoms with E-state index in [0.29, 0.717) is 6.42 Å². The Bertz CT molecular complexity index is 446. The molecule has 1 aliphatic heterocycles. The first-order valence-corrected chi connectivity index (χ1v) is 5.83. The number of ether oxygens (including phenoxy) is 2. The Morgan fingerprint density at radius 3 is 2.74 bits per heavy atom. The van der Waals surface area contributed by atoms with Crippen molar-refractivity contribution in [2.24, 2.45) is 0 Å². The maximum Gasteiger partial charge on any atom is 0.428 e. The Balaban J connectivity index is 2.12. The molecule has 0 aliphatic carbocycles. The summed E-state index contributed by atoms with van der Waals surface area (Å²) in [7, 11) is 0. The number of hydrogen-bond acceptors (Lipinski definition) is 4. The largest absolute Gasteiger partial charge is 0.469 e. The zero-order valence-corrected chi connectivity index (χ0v) is 10.2. The van der Waals surface area contributed by atoms with Crippen LogP contribution in [0.2, 0.25) is 0 Å². The van der Waals surface area contributed by atoms with E-state index in [2.05, 4.69) is 4.74 Å². The van der Waals surface area contributed by atoms with Gasteiger partial charge >= 0.3 is 12.1 Å². The molecule has 0 aromatic carbocycles. The predicted molar refractivity (Wildman–Crippen MR) is 57.7 cm³/mol. The van der Waals surface area contributed by atoms with Crippen LogP contribution in [0.25, 0.3) is 0 Å². The third-order valence-corrected chi connectivity index (χ3v) is 2.94. The third-order valence-electron chi connectivity index (χ3n) is 2.94. The van der Waals surface area contributed by atoms with Crippen molar-refractivity contribution in [1.29, 1.82) is 0 Å². The summed E-state index contributed by atoms with van der Waals surface area (Å²) in [4.78, 5) is 11.7. The molecule has 7 heteroatoms. The monoisotopic (exact) mass is 278 g/mol. The van der Waals surface area contributed by atoms with Gasteiger partial charge in [0.15, 0.2) is 0 Å². The van der Waals surface area contributed by atoms with Crippen LogP contribution >= 0.6 is 0 Å². The summed E-state index contributed by atoms with van der Waals surface area (Å²) in [5.41, 5.74) is -0.00718. The molecule has 1 aromatic heterocycles. The molecule has 0 saturated carbocycles. The minimum atomic E-state index is -4.65.